The number of allylic oxidation sites excluding steroid dienone is 2. The summed E-state index contributed by atoms with van der Waals surface area (Å²) in [6, 6.07) is 11.9. The van der Waals surface area contributed by atoms with Crippen molar-refractivity contribution in [3.63, 3.8) is 0 Å². The molecule has 6 nitrogen and oxygen atoms in total. The van der Waals surface area contributed by atoms with Crippen LogP contribution in [0.15, 0.2) is 64.6 Å². The molecule has 0 saturated heterocycles. The van der Waals surface area contributed by atoms with Crippen molar-refractivity contribution in [3.05, 3.63) is 82.4 Å². The molecular formula is C23H21N3O3. The fourth-order valence-corrected chi connectivity index (χ4v) is 4.46. The van der Waals surface area contributed by atoms with Gasteiger partial charge in [-0.3, -0.25) is 9.78 Å². The van der Waals surface area contributed by atoms with Gasteiger partial charge in [-0.05, 0) is 48.6 Å². The van der Waals surface area contributed by atoms with E-state index < -0.39 is 0 Å². The first kappa shape index (κ1) is 17.7. The fraction of sp³-hybridized carbons (Fsp3) is 0.261. The smallest absolute Gasteiger partial charge is 0.233 e. The fourth-order valence-electron chi connectivity index (χ4n) is 4.46. The van der Waals surface area contributed by atoms with Gasteiger partial charge < -0.3 is 14.6 Å². The number of carbonyl (C=O) groups is 1. The van der Waals surface area contributed by atoms with Gasteiger partial charge in [0.15, 0.2) is 5.78 Å². The van der Waals surface area contributed by atoms with E-state index in [2.05, 4.69) is 15.5 Å². The molecule has 2 aliphatic rings. The van der Waals surface area contributed by atoms with Crippen LogP contribution in [0.2, 0.25) is 0 Å². The SMILES string of the molecule is COc1ccc([C@@H]2CC(=O)C3=C(C2)Nc2onc(C)c2[C@@H]3c2cccnc2)cc1. The molecule has 29 heavy (non-hydrogen) atoms. The first-order chi connectivity index (χ1) is 14.2. The number of ether oxygens (including phenoxy) is 1. The average molecular weight is 387 g/mol. The second-order valence-corrected chi connectivity index (χ2v) is 7.55. The van der Waals surface area contributed by atoms with Gasteiger partial charge in [-0.15, -0.1) is 0 Å². The minimum absolute atomic E-state index is 0.111. The van der Waals surface area contributed by atoms with Crippen LogP contribution in [0, 0.1) is 6.92 Å². The second kappa shape index (κ2) is 6.88. The number of benzene rings is 1. The van der Waals surface area contributed by atoms with E-state index in [1.165, 1.54) is 0 Å². The Morgan fingerprint density at radius 1 is 1.14 bits per heavy atom. The summed E-state index contributed by atoms with van der Waals surface area (Å²) in [5.41, 5.74) is 5.54. The van der Waals surface area contributed by atoms with Crippen LogP contribution in [0.3, 0.4) is 0 Å². The Labute approximate surface area is 168 Å². The predicted octanol–water partition coefficient (Wildman–Crippen LogP) is 4.34. The summed E-state index contributed by atoms with van der Waals surface area (Å²) in [5.74, 6) is 1.49. The van der Waals surface area contributed by atoms with Gasteiger partial charge >= 0.3 is 0 Å². The third-order valence-corrected chi connectivity index (χ3v) is 5.86. The quantitative estimate of drug-likeness (QED) is 0.720. The molecule has 0 fully saturated rings. The molecule has 146 valence electrons. The summed E-state index contributed by atoms with van der Waals surface area (Å²) < 4.78 is 10.8. The summed E-state index contributed by atoms with van der Waals surface area (Å²) >= 11 is 0. The first-order valence-corrected chi connectivity index (χ1v) is 9.69. The first-order valence-electron chi connectivity index (χ1n) is 9.69. The highest BCUT2D eigenvalue weighted by atomic mass is 16.5. The van der Waals surface area contributed by atoms with E-state index in [9.17, 15) is 4.79 Å². The lowest BCUT2D eigenvalue weighted by Gasteiger charge is -2.34. The predicted molar refractivity (Wildman–Crippen MR) is 108 cm³/mol. The molecule has 0 saturated carbocycles. The molecule has 0 bridgehead atoms. The van der Waals surface area contributed by atoms with Crippen molar-refractivity contribution in [2.75, 3.05) is 12.4 Å². The van der Waals surface area contributed by atoms with Crippen molar-refractivity contribution in [2.45, 2.75) is 31.6 Å². The summed E-state index contributed by atoms with van der Waals surface area (Å²) in [6.45, 7) is 1.91. The van der Waals surface area contributed by atoms with Crippen LogP contribution in [0.25, 0.3) is 0 Å². The van der Waals surface area contributed by atoms with Gasteiger partial charge in [0.05, 0.1) is 18.4 Å². The molecule has 1 aromatic carbocycles. The topological polar surface area (TPSA) is 77.2 Å². The van der Waals surface area contributed by atoms with Gasteiger partial charge in [0.2, 0.25) is 5.88 Å². The minimum Gasteiger partial charge on any atom is -0.497 e. The standard InChI is InChI=1S/C23H21N3O3/c1-13-20-21(15-4-3-9-24-12-15)22-18(25-23(20)29-26-13)10-16(11-19(22)27)14-5-7-17(28-2)8-6-14/h3-9,12,16,21,25H,10-11H2,1-2H3/t16-,21-/m0/s1. The number of anilines is 1. The zero-order valence-corrected chi connectivity index (χ0v) is 16.3. The normalized spacial score (nSPS) is 20.7. The van der Waals surface area contributed by atoms with E-state index >= 15 is 0 Å². The highest BCUT2D eigenvalue weighted by molar-refractivity contribution is 6.01. The molecule has 6 heteroatoms. The second-order valence-electron chi connectivity index (χ2n) is 7.55. The maximum absolute atomic E-state index is 13.4. The number of nitrogens with zero attached hydrogens (tertiary/aromatic N) is 2. The van der Waals surface area contributed by atoms with E-state index in [0.29, 0.717) is 12.3 Å². The number of fused-ring (bicyclic) bond motifs is 1. The Kier molecular flexibility index (Phi) is 4.19. The number of methoxy groups -OCH3 is 1. The molecule has 2 aromatic heterocycles. The van der Waals surface area contributed by atoms with E-state index in [1.54, 1.807) is 13.3 Å². The highest BCUT2D eigenvalue weighted by Gasteiger charge is 2.41. The van der Waals surface area contributed by atoms with Crippen LogP contribution < -0.4 is 10.1 Å². The van der Waals surface area contributed by atoms with Crippen molar-refractivity contribution >= 4 is 11.7 Å². The molecule has 3 heterocycles. The van der Waals surface area contributed by atoms with E-state index in [0.717, 1.165) is 45.8 Å². The molecule has 1 aliphatic carbocycles. The zero-order chi connectivity index (χ0) is 20.0. The number of hydrogen-bond donors (Lipinski definition) is 1. The van der Waals surface area contributed by atoms with Crippen LogP contribution in [0.5, 0.6) is 5.75 Å². The largest absolute Gasteiger partial charge is 0.497 e. The molecule has 1 aliphatic heterocycles. The Morgan fingerprint density at radius 2 is 1.97 bits per heavy atom. The zero-order valence-electron chi connectivity index (χ0n) is 16.3. The van der Waals surface area contributed by atoms with Crippen molar-refractivity contribution in [2.24, 2.45) is 0 Å². The third kappa shape index (κ3) is 2.92. The van der Waals surface area contributed by atoms with E-state index in [1.807, 2.05) is 49.5 Å². The Bertz CT molecular complexity index is 1100. The molecule has 0 unspecified atom stereocenters. The lowest BCUT2D eigenvalue weighted by Crippen LogP contribution is -2.29. The number of Topliss-reactive ketones (excluding diaryl/α,β-unsaturated/α-hetero) is 1. The molecule has 0 spiro atoms. The van der Waals surface area contributed by atoms with E-state index in [4.69, 9.17) is 9.26 Å². The van der Waals surface area contributed by atoms with Crippen LogP contribution >= 0.6 is 0 Å². The molecule has 2 atom stereocenters. The number of carbonyl (C=O) groups excluding carboxylic acids is 1. The van der Waals surface area contributed by atoms with Crippen LogP contribution in [-0.2, 0) is 4.79 Å². The number of hydrogen-bond acceptors (Lipinski definition) is 6. The van der Waals surface area contributed by atoms with Gasteiger partial charge in [0.1, 0.15) is 5.75 Å². The monoisotopic (exact) mass is 387 g/mol. The van der Waals surface area contributed by atoms with Gasteiger partial charge in [-0.25, -0.2) is 0 Å². The molecule has 5 rings (SSSR count). The van der Waals surface area contributed by atoms with Crippen molar-refractivity contribution in [1.82, 2.24) is 10.1 Å². The number of rotatable bonds is 3. The van der Waals surface area contributed by atoms with Gasteiger partial charge in [-0.2, -0.15) is 0 Å². The number of pyridine rings is 1. The summed E-state index contributed by atoms with van der Waals surface area (Å²) in [5, 5.41) is 7.50. The summed E-state index contributed by atoms with van der Waals surface area (Å²) in [6.07, 6.45) is 4.77. The van der Waals surface area contributed by atoms with Gasteiger partial charge in [0.25, 0.3) is 0 Å². The number of aryl methyl sites for hydroxylation is 1. The van der Waals surface area contributed by atoms with E-state index in [-0.39, 0.29) is 17.6 Å². The highest BCUT2D eigenvalue weighted by Crippen LogP contribution is 2.48. The maximum Gasteiger partial charge on any atom is 0.233 e. The van der Waals surface area contributed by atoms with Crippen molar-refractivity contribution < 1.29 is 14.1 Å². The maximum atomic E-state index is 13.4. The molecule has 0 radical (unpaired) electrons. The average Bonchev–Trinajstić information content (AvgIpc) is 3.13. The lowest BCUT2D eigenvalue weighted by molar-refractivity contribution is -0.116. The molecular weight excluding hydrogens is 366 g/mol. The molecule has 1 N–H and O–H groups in total. The van der Waals surface area contributed by atoms with Crippen LogP contribution in [0.4, 0.5) is 5.88 Å². The van der Waals surface area contributed by atoms with Crippen LogP contribution in [0.1, 0.15) is 47.1 Å². The van der Waals surface area contributed by atoms with Crippen molar-refractivity contribution in [3.8, 4) is 5.75 Å². The Balaban J connectivity index is 1.57. The summed E-state index contributed by atoms with van der Waals surface area (Å²) in [7, 11) is 1.65. The van der Waals surface area contributed by atoms with Crippen molar-refractivity contribution in [1.29, 1.82) is 0 Å². The Hall–Kier alpha value is -3.41. The molecule has 0 amide bonds. The number of nitrogens with one attached hydrogen (secondary N) is 1. The Morgan fingerprint density at radius 3 is 2.69 bits per heavy atom. The van der Waals surface area contributed by atoms with Gasteiger partial charge in [0, 0.05) is 36.0 Å². The summed E-state index contributed by atoms with van der Waals surface area (Å²) in [4.78, 5) is 17.6. The third-order valence-electron chi connectivity index (χ3n) is 5.86. The lowest BCUT2D eigenvalue weighted by atomic mass is 9.72. The number of aromatic nitrogens is 2. The number of ketones is 1. The molecule has 3 aromatic rings. The minimum atomic E-state index is -0.203. The van der Waals surface area contributed by atoms with Crippen LogP contribution in [-0.4, -0.2) is 23.0 Å². The van der Waals surface area contributed by atoms with Gasteiger partial charge in [-0.1, -0.05) is 23.4 Å².